The summed E-state index contributed by atoms with van der Waals surface area (Å²) in [6.45, 7) is 0.376. The van der Waals surface area contributed by atoms with Crippen molar-refractivity contribution >= 4 is 5.91 Å². The molecule has 0 atom stereocenters. The lowest BCUT2D eigenvalue weighted by atomic mass is 10.0. The van der Waals surface area contributed by atoms with E-state index in [9.17, 15) is 4.79 Å². The molecule has 1 N–H and O–H groups in total. The lowest BCUT2D eigenvalue weighted by molar-refractivity contribution is -0.116. The van der Waals surface area contributed by atoms with E-state index in [1.165, 1.54) is 6.07 Å². The molecule has 0 aliphatic heterocycles. The molecule has 88 valence electrons. The third-order valence-electron chi connectivity index (χ3n) is 2.62. The first-order chi connectivity index (χ1) is 8.79. The summed E-state index contributed by atoms with van der Waals surface area (Å²) in [4.78, 5) is 10.8. The third kappa shape index (κ3) is 2.96. The van der Waals surface area contributed by atoms with Crippen LogP contribution < -0.4 is 5.32 Å². The number of hydrogen-bond donors (Lipinski definition) is 1. The molecule has 0 aliphatic carbocycles. The van der Waals surface area contributed by atoms with Crippen LogP contribution in [0.3, 0.4) is 0 Å². The van der Waals surface area contributed by atoms with Gasteiger partial charge in [-0.3, -0.25) is 4.79 Å². The fourth-order valence-electron chi connectivity index (χ4n) is 1.67. The minimum absolute atomic E-state index is 0.376. The Morgan fingerprint density at radius 3 is 2.22 bits per heavy atom. The number of benzene rings is 2. The summed E-state index contributed by atoms with van der Waals surface area (Å²) in [7, 11) is 0. The molecule has 18 heavy (non-hydrogen) atoms. The van der Waals surface area contributed by atoms with E-state index in [0.29, 0.717) is 6.54 Å². The van der Waals surface area contributed by atoms with Gasteiger partial charge >= 0.3 is 5.91 Å². The summed E-state index contributed by atoms with van der Waals surface area (Å²) in [5, 5.41) is 10.9. The zero-order valence-electron chi connectivity index (χ0n) is 9.76. The number of nitriles is 1. The molecule has 0 bridgehead atoms. The van der Waals surface area contributed by atoms with Crippen molar-refractivity contribution in [2.75, 3.05) is 0 Å². The molecule has 0 radical (unpaired) electrons. The monoisotopic (exact) mass is 236 g/mol. The van der Waals surface area contributed by atoms with E-state index in [0.717, 1.165) is 16.7 Å². The summed E-state index contributed by atoms with van der Waals surface area (Å²) < 4.78 is 0. The molecule has 0 heterocycles. The van der Waals surface area contributed by atoms with Gasteiger partial charge < -0.3 is 5.32 Å². The maximum atomic E-state index is 10.8. The smallest absolute Gasteiger partial charge is 0.322 e. The second kappa shape index (κ2) is 5.65. The molecule has 0 saturated carbocycles. The maximum absolute atomic E-state index is 10.8. The third-order valence-corrected chi connectivity index (χ3v) is 2.62. The van der Waals surface area contributed by atoms with Gasteiger partial charge in [-0.2, -0.15) is 5.26 Å². The average molecular weight is 236 g/mol. The molecule has 3 heteroatoms. The van der Waals surface area contributed by atoms with Crippen LogP contribution in [0.4, 0.5) is 0 Å². The topological polar surface area (TPSA) is 52.9 Å². The van der Waals surface area contributed by atoms with Gasteiger partial charge in [-0.15, -0.1) is 0 Å². The first kappa shape index (κ1) is 11.9. The average Bonchev–Trinajstić information content (AvgIpc) is 2.46. The van der Waals surface area contributed by atoms with E-state index in [1.807, 2.05) is 54.6 Å². The molecule has 2 aromatic rings. The standard InChI is InChI=1S/C15H12N2O/c16-10-15(18)17-11-12-6-8-14(9-7-12)13-4-2-1-3-5-13/h1-9H,11H2,(H,17,18). The van der Waals surface area contributed by atoms with Crippen molar-refractivity contribution in [2.24, 2.45) is 0 Å². The van der Waals surface area contributed by atoms with Crippen molar-refractivity contribution in [3.8, 4) is 17.2 Å². The van der Waals surface area contributed by atoms with E-state index >= 15 is 0 Å². The van der Waals surface area contributed by atoms with Crippen molar-refractivity contribution in [3.05, 3.63) is 60.2 Å². The summed E-state index contributed by atoms with van der Waals surface area (Å²) in [6, 6.07) is 19.5. The maximum Gasteiger partial charge on any atom is 0.322 e. The minimum Gasteiger partial charge on any atom is -0.339 e. The predicted molar refractivity (Wildman–Crippen MR) is 69.3 cm³/mol. The van der Waals surface area contributed by atoms with Crippen molar-refractivity contribution in [3.63, 3.8) is 0 Å². The molecule has 0 aliphatic rings. The molecule has 2 aromatic carbocycles. The Kier molecular flexibility index (Phi) is 3.72. The Morgan fingerprint density at radius 1 is 1.00 bits per heavy atom. The van der Waals surface area contributed by atoms with E-state index < -0.39 is 5.91 Å². The van der Waals surface area contributed by atoms with Crippen LogP contribution in [-0.2, 0) is 11.3 Å². The van der Waals surface area contributed by atoms with Gasteiger partial charge in [0.05, 0.1) is 0 Å². The summed E-state index contributed by atoms with van der Waals surface area (Å²) in [5.74, 6) is -0.609. The van der Waals surface area contributed by atoms with E-state index in [2.05, 4.69) is 5.32 Å². The minimum atomic E-state index is -0.609. The highest BCUT2D eigenvalue weighted by Gasteiger charge is 1.99. The Hall–Kier alpha value is -2.60. The van der Waals surface area contributed by atoms with E-state index in [4.69, 9.17) is 5.26 Å². The molecule has 0 aromatic heterocycles. The predicted octanol–water partition coefficient (Wildman–Crippen LogP) is 2.49. The highest BCUT2D eigenvalue weighted by molar-refractivity contribution is 5.91. The lowest BCUT2D eigenvalue weighted by Gasteiger charge is -2.04. The number of hydrogen-bond acceptors (Lipinski definition) is 2. The molecule has 1 amide bonds. The van der Waals surface area contributed by atoms with Gasteiger partial charge in [-0.1, -0.05) is 54.6 Å². The Morgan fingerprint density at radius 2 is 1.61 bits per heavy atom. The van der Waals surface area contributed by atoms with Crippen LogP contribution in [0.1, 0.15) is 5.56 Å². The normalized spacial score (nSPS) is 9.50. The van der Waals surface area contributed by atoms with Crippen LogP contribution in [0, 0.1) is 11.3 Å². The van der Waals surface area contributed by atoms with Gasteiger partial charge in [-0.25, -0.2) is 0 Å². The van der Waals surface area contributed by atoms with Crippen molar-refractivity contribution in [1.82, 2.24) is 5.32 Å². The van der Waals surface area contributed by atoms with Crippen LogP contribution in [-0.4, -0.2) is 5.91 Å². The molecule has 2 rings (SSSR count). The second-order valence-electron chi connectivity index (χ2n) is 3.86. The fraction of sp³-hybridized carbons (Fsp3) is 0.0667. The quantitative estimate of drug-likeness (QED) is 0.832. The first-order valence-corrected chi connectivity index (χ1v) is 5.62. The zero-order chi connectivity index (χ0) is 12.8. The molecular weight excluding hydrogens is 224 g/mol. The molecule has 0 fully saturated rings. The van der Waals surface area contributed by atoms with Crippen molar-refractivity contribution in [1.29, 1.82) is 5.26 Å². The van der Waals surface area contributed by atoms with Gasteiger partial charge in [0.1, 0.15) is 0 Å². The number of carbonyl (C=O) groups is 1. The van der Waals surface area contributed by atoms with Crippen molar-refractivity contribution in [2.45, 2.75) is 6.54 Å². The molecular formula is C15H12N2O. The van der Waals surface area contributed by atoms with Gasteiger partial charge in [0.2, 0.25) is 0 Å². The Balaban J connectivity index is 2.07. The van der Waals surface area contributed by atoms with E-state index in [-0.39, 0.29) is 0 Å². The summed E-state index contributed by atoms with van der Waals surface area (Å²) >= 11 is 0. The number of nitrogens with one attached hydrogen (secondary N) is 1. The van der Waals surface area contributed by atoms with Crippen LogP contribution in [0.25, 0.3) is 11.1 Å². The number of amides is 1. The van der Waals surface area contributed by atoms with Crippen LogP contribution in [0.5, 0.6) is 0 Å². The highest BCUT2D eigenvalue weighted by Crippen LogP contribution is 2.18. The van der Waals surface area contributed by atoms with Gasteiger partial charge in [0.25, 0.3) is 0 Å². The first-order valence-electron chi connectivity index (χ1n) is 5.62. The number of carbonyl (C=O) groups excluding carboxylic acids is 1. The Labute approximate surface area is 106 Å². The number of rotatable bonds is 3. The highest BCUT2D eigenvalue weighted by atomic mass is 16.1. The van der Waals surface area contributed by atoms with Gasteiger partial charge in [-0.05, 0) is 16.7 Å². The fourth-order valence-corrected chi connectivity index (χ4v) is 1.67. The largest absolute Gasteiger partial charge is 0.339 e. The summed E-state index contributed by atoms with van der Waals surface area (Å²) in [5.41, 5.74) is 3.26. The van der Waals surface area contributed by atoms with Crippen LogP contribution in [0.15, 0.2) is 54.6 Å². The Bertz CT molecular complexity index is 568. The molecule has 0 saturated heterocycles. The number of nitrogens with zero attached hydrogens (tertiary/aromatic N) is 1. The summed E-state index contributed by atoms with van der Waals surface area (Å²) in [6.07, 6.45) is 0. The zero-order valence-corrected chi connectivity index (χ0v) is 9.76. The van der Waals surface area contributed by atoms with Crippen LogP contribution in [0.2, 0.25) is 0 Å². The van der Waals surface area contributed by atoms with Gasteiger partial charge in [0, 0.05) is 6.54 Å². The van der Waals surface area contributed by atoms with Crippen molar-refractivity contribution < 1.29 is 4.79 Å². The van der Waals surface area contributed by atoms with Crippen LogP contribution >= 0.6 is 0 Å². The van der Waals surface area contributed by atoms with E-state index in [1.54, 1.807) is 0 Å². The molecule has 0 unspecified atom stereocenters. The second-order valence-corrected chi connectivity index (χ2v) is 3.86. The lowest BCUT2D eigenvalue weighted by Crippen LogP contribution is -2.20. The molecule has 0 spiro atoms. The van der Waals surface area contributed by atoms with Gasteiger partial charge in [0.15, 0.2) is 6.07 Å². The SMILES string of the molecule is N#CC(=O)NCc1ccc(-c2ccccc2)cc1. The molecule has 3 nitrogen and oxygen atoms in total.